The van der Waals surface area contributed by atoms with Crippen LogP contribution in [-0.2, 0) is 0 Å². The van der Waals surface area contributed by atoms with E-state index in [2.05, 4.69) is 31.1 Å². The van der Waals surface area contributed by atoms with Gasteiger partial charge in [-0.05, 0) is 24.2 Å². The van der Waals surface area contributed by atoms with Crippen LogP contribution in [0.5, 0.6) is 0 Å². The van der Waals surface area contributed by atoms with Gasteiger partial charge in [0.15, 0.2) is 5.17 Å². The van der Waals surface area contributed by atoms with Crippen LogP contribution < -0.4 is 5.32 Å². The molecule has 0 spiro atoms. The molecular weight excluding hydrogens is 216 g/mol. The van der Waals surface area contributed by atoms with E-state index in [0.29, 0.717) is 10.7 Å². The van der Waals surface area contributed by atoms with Crippen LogP contribution in [0.4, 0.5) is 0 Å². The highest BCUT2D eigenvalue weighted by Crippen LogP contribution is 2.33. The highest BCUT2D eigenvalue weighted by molar-refractivity contribution is 8.14. The second kappa shape index (κ2) is 4.99. The predicted molar refractivity (Wildman–Crippen MR) is 73.1 cm³/mol. The van der Waals surface area contributed by atoms with Crippen molar-refractivity contribution in [3.05, 3.63) is 0 Å². The van der Waals surface area contributed by atoms with E-state index in [1.165, 1.54) is 30.9 Å². The maximum Gasteiger partial charge on any atom is 0.156 e. The van der Waals surface area contributed by atoms with Crippen LogP contribution in [0.25, 0.3) is 0 Å². The quantitative estimate of drug-likeness (QED) is 0.815. The second-order valence-corrected chi connectivity index (χ2v) is 7.60. The number of nitrogens with one attached hydrogen (secondary N) is 1. The molecule has 16 heavy (non-hydrogen) atoms. The van der Waals surface area contributed by atoms with Crippen molar-refractivity contribution < 1.29 is 0 Å². The first-order valence-electron chi connectivity index (χ1n) is 6.48. The Balaban J connectivity index is 1.62. The molecule has 1 atom stereocenters. The highest BCUT2D eigenvalue weighted by Gasteiger charge is 2.25. The van der Waals surface area contributed by atoms with E-state index in [1.807, 2.05) is 11.8 Å². The third kappa shape index (κ3) is 4.36. The molecule has 1 heterocycles. The lowest BCUT2D eigenvalue weighted by atomic mass is 9.90. The maximum atomic E-state index is 4.59. The van der Waals surface area contributed by atoms with Gasteiger partial charge in [0.1, 0.15) is 0 Å². The van der Waals surface area contributed by atoms with Crippen LogP contribution >= 0.6 is 11.8 Å². The minimum absolute atomic E-state index is 0.427. The van der Waals surface area contributed by atoms with Gasteiger partial charge in [-0.2, -0.15) is 0 Å². The summed E-state index contributed by atoms with van der Waals surface area (Å²) in [6.45, 7) is 9.07. The Morgan fingerprint density at radius 2 is 2.12 bits per heavy atom. The van der Waals surface area contributed by atoms with Gasteiger partial charge in [-0.25, -0.2) is 0 Å². The van der Waals surface area contributed by atoms with E-state index in [-0.39, 0.29) is 0 Å². The predicted octanol–water partition coefficient (Wildman–Crippen LogP) is 3.28. The van der Waals surface area contributed by atoms with Crippen LogP contribution in [0.1, 0.15) is 46.5 Å². The zero-order valence-electron chi connectivity index (χ0n) is 10.8. The Morgan fingerprint density at radius 1 is 1.38 bits per heavy atom. The van der Waals surface area contributed by atoms with Gasteiger partial charge in [0.25, 0.3) is 0 Å². The summed E-state index contributed by atoms with van der Waals surface area (Å²) < 4.78 is 0. The van der Waals surface area contributed by atoms with Crippen molar-refractivity contribution in [2.45, 2.75) is 51.7 Å². The zero-order chi connectivity index (χ0) is 11.6. The molecule has 2 rings (SSSR count). The third-order valence-electron chi connectivity index (χ3n) is 3.08. The molecule has 1 N–H and O–H groups in total. The van der Waals surface area contributed by atoms with Crippen LogP contribution in [0.3, 0.4) is 0 Å². The van der Waals surface area contributed by atoms with Crippen LogP contribution in [0.2, 0.25) is 0 Å². The fourth-order valence-corrected chi connectivity index (χ4v) is 3.48. The van der Waals surface area contributed by atoms with Crippen LogP contribution in [0, 0.1) is 11.3 Å². The summed E-state index contributed by atoms with van der Waals surface area (Å²) >= 11 is 1.95. The molecule has 0 saturated heterocycles. The number of nitrogens with zero attached hydrogens (tertiary/aromatic N) is 1. The molecule has 2 nitrogen and oxygen atoms in total. The summed E-state index contributed by atoms with van der Waals surface area (Å²) in [6, 6.07) is 0. The van der Waals surface area contributed by atoms with E-state index in [0.717, 1.165) is 19.0 Å². The Hall–Kier alpha value is -0.180. The van der Waals surface area contributed by atoms with E-state index >= 15 is 0 Å². The number of aliphatic imine (C=N–C) groups is 1. The van der Waals surface area contributed by atoms with Crippen molar-refractivity contribution in [2.75, 3.05) is 13.1 Å². The molecule has 3 heteroatoms. The Kier molecular flexibility index (Phi) is 3.83. The number of hydrogen-bond donors (Lipinski definition) is 1. The summed E-state index contributed by atoms with van der Waals surface area (Å²) in [5.41, 5.74) is 0.427. The molecular formula is C13H24N2S. The van der Waals surface area contributed by atoms with E-state index < -0.39 is 0 Å². The molecule has 1 saturated carbocycles. The minimum atomic E-state index is 0.427. The van der Waals surface area contributed by atoms with Gasteiger partial charge in [0.05, 0.1) is 6.54 Å². The molecule has 0 amide bonds. The first kappa shape index (κ1) is 12.3. The molecule has 0 aromatic carbocycles. The topological polar surface area (TPSA) is 24.4 Å². The lowest BCUT2D eigenvalue weighted by molar-refractivity contribution is 0.375. The first-order chi connectivity index (χ1) is 7.53. The molecule has 92 valence electrons. The number of rotatable bonds is 4. The lowest BCUT2D eigenvalue weighted by Gasteiger charge is -2.21. The SMILES string of the molecule is CC(C)(C)CC1CN=C(NCCC2CC2)S1. The monoisotopic (exact) mass is 240 g/mol. The van der Waals surface area contributed by atoms with E-state index in [9.17, 15) is 0 Å². The molecule has 1 aliphatic carbocycles. The van der Waals surface area contributed by atoms with E-state index in [1.54, 1.807) is 0 Å². The summed E-state index contributed by atoms with van der Waals surface area (Å²) in [4.78, 5) is 4.59. The fraction of sp³-hybridized carbons (Fsp3) is 0.923. The Bertz CT molecular complexity index is 264. The third-order valence-corrected chi connectivity index (χ3v) is 4.23. The largest absolute Gasteiger partial charge is 0.365 e. The Labute approximate surface area is 104 Å². The van der Waals surface area contributed by atoms with Gasteiger partial charge in [-0.1, -0.05) is 45.4 Å². The smallest absolute Gasteiger partial charge is 0.156 e. The number of amidine groups is 1. The van der Waals surface area contributed by atoms with Gasteiger partial charge in [0.2, 0.25) is 0 Å². The summed E-state index contributed by atoms with van der Waals surface area (Å²) in [6.07, 6.45) is 5.50. The van der Waals surface area contributed by atoms with Crippen molar-refractivity contribution in [1.29, 1.82) is 0 Å². The summed E-state index contributed by atoms with van der Waals surface area (Å²) in [5.74, 6) is 1.02. The average molecular weight is 240 g/mol. The zero-order valence-corrected chi connectivity index (χ0v) is 11.6. The van der Waals surface area contributed by atoms with Crippen molar-refractivity contribution in [2.24, 2.45) is 16.3 Å². The van der Waals surface area contributed by atoms with Gasteiger partial charge >= 0.3 is 0 Å². The van der Waals surface area contributed by atoms with Crippen LogP contribution in [-0.4, -0.2) is 23.5 Å². The molecule has 0 radical (unpaired) electrons. The maximum absolute atomic E-state index is 4.59. The van der Waals surface area contributed by atoms with Crippen molar-refractivity contribution in [3.8, 4) is 0 Å². The molecule has 0 bridgehead atoms. The van der Waals surface area contributed by atoms with Gasteiger partial charge in [-0.3, -0.25) is 4.99 Å². The Morgan fingerprint density at radius 3 is 2.75 bits per heavy atom. The van der Waals surface area contributed by atoms with Crippen molar-refractivity contribution in [1.82, 2.24) is 5.32 Å². The van der Waals surface area contributed by atoms with Gasteiger partial charge < -0.3 is 5.32 Å². The summed E-state index contributed by atoms with van der Waals surface area (Å²) in [5, 5.41) is 5.37. The first-order valence-corrected chi connectivity index (χ1v) is 7.36. The van der Waals surface area contributed by atoms with Gasteiger partial charge in [0, 0.05) is 11.8 Å². The highest BCUT2D eigenvalue weighted by atomic mass is 32.2. The van der Waals surface area contributed by atoms with Gasteiger partial charge in [-0.15, -0.1) is 0 Å². The summed E-state index contributed by atoms with van der Waals surface area (Å²) in [7, 11) is 0. The molecule has 0 aromatic heterocycles. The lowest BCUT2D eigenvalue weighted by Crippen LogP contribution is -2.22. The fourth-order valence-electron chi connectivity index (χ4n) is 2.09. The minimum Gasteiger partial charge on any atom is -0.365 e. The van der Waals surface area contributed by atoms with Crippen molar-refractivity contribution in [3.63, 3.8) is 0 Å². The second-order valence-electron chi connectivity index (χ2n) is 6.31. The normalized spacial score (nSPS) is 25.7. The molecule has 1 fully saturated rings. The average Bonchev–Trinajstić information content (AvgIpc) is 2.86. The number of hydrogen-bond acceptors (Lipinski definition) is 3. The van der Waals surface area contributed by atoms with Crippen LogP contribution in [0.15, 0.2) is 4.99 Å². The number of thioether (sulfide) groups is 1. The standard InChI is InChI=1S/C13H24N2S/c1-13(2,3)8-11-9-15-12(16-11)14-7-6-10-4-5-10/h10-11H,4-9H2,1-3H3,(H,14,15). The molecule has 0 aromatic rings. The van der Waals surface area contributed by atoms with Crippen molar-refractivity contribution >= 4 is 16.9 Å². The molecule has 1 unspecified atom stereocenters. The molecule has 2 aliphatic rings. The molecule has 1 aliphatic heterocycles. The van der Waals surface area contributed by atoms with E-state index in [4.69, 9.17) is 0 Å².